The van der Waals surface area contributed by atoms with E-state index in [1.54, 1.807) is 0 Å². The minimum Gasteiger partial charge on any atom is -0.260 e. The fraction of sp³-hybridized carbons (Fsp3) is 0.286. The molecule has 0 bridgehead atoms. The average Bonchev–Trinajstić information content (AvgIpc) is 1.99. The van der Waals surface area contributed by atoms with Crippen molar-refractivity contribution in [2.45, 2.75) is 11.9 Å². The third-order valence-corrected chi connectivity index (χ3v) is 2.21. The van der Waals surface area contributed by atoms with Crippen molar-refractivity contribution in [3.8, 4) is 0 Å². The summed E-state index contributed by atoms with van der Waals surface area (Å²) in [5.74, 6) is -0.928. The zero-order chi connectivity index (χ0) is 11.7. The molecule has 0 amide bonds. The van der Waals surface area contributed by atoms with Gasteiger partial charge < -0.3 is 0 Å². The van der Waals surface area contributed by atoms with E-state index < -0.39 is 33.2 Å². The summed E-state index contributed by atoms with van der Waals surface area (Å²) in [4.78, 5) is 3.35. The quantitative estimate of drug-likeness (QED) is 0.834. The molecular formula is C7H7F3N2O2S. The molecule has 0 aliphatic carbocycles. The molecule has 0 saturated heterocycles. The van der Waals surface area contributed by atoms with Gasteiger partial charge >= 0.3 is 6.18 Å². The molecule has 0 spiro atoms. The van der Waals surface area contributed by atoms with Gasteiger partial charge in [0.1, 0.15) is 5.75 Å². The average molecular weight is 240 g/mol. The lowest BCUT2D eigenvalue weighted by molar-refractivity contribution is -0.138. The molecule has 0 aromatic carbocycles. The van der Waals surface area contributed by atoms with E-state index in [9.17, 15) is 21.6 Å². The maximum absolute atomic E-state index is 12.3. The summed E-state index contributed by atoms with van der Waals surface area (Å²) in [6, 6.07) is 1.84. The van der Waals surface area contributed by atoms with Crippen LogP contribution in [-0.2, 0) is 22.0 Å². The Labute approximate surface area is 84.0 Å². The number of hydrogen-bond acceptors (Lipinski definition) is 3. The maximum atomic E-state index is 12.3. The summed E-state index contributed by atoms with van der Waals surface area (Å²) in [6.45, 7) is 0. The van der Waals surface area contributed by atoms with Crippen LogP contribution in [0.1, 0.15) is 11.3 Å². The Kier molecular flexibility index (Phi) is 3.00. The molecule has 8 heteroatoms. The molecule has 1 aromatic heterocycles. The molecule has 84 valence electrons. The SMILES string of the molecule is NS(=O)(=O)Cc1ncccc1C(F)(F)F. The fourth-order valence-corrected chi connectivity index (χ4v) is 1.61. The van der Waals surface area contributed by atoms with Crippen molar-refractivity contribution in [2.24, 2.45) is 5.14 Å². The van der Waals surface area contributed by atoms with Gasteiger partial charge in [0.2, 0.25) is 10.0 Å². The summed E-state index contributed by atoms with van der Waals surface area (Å²) < 4.78 is 58.3. The predicted octanol–water partition coefficient (Wildman–Crippen LogP) is 0.889. The van der Waals surface area contributed by atoms with E-state index in [0.717, 1.165) is 18.3 Å². The largest absolute Gasteiger partial charge is 0.418 e. The Morgan fingerprint density at radius 3 is 2.47 bits per heavy atom. The normalized spacial score (nSPS) is 12.8. The van der Waals surface area contributed by atoms with Gasteiger partial charge in [0.25, 0.3) is 0 Å². The minimum atomic E-state index is -4.63. The number of nitrogens with two attached hydrogens (primary N) is 1. The van der Waals surface area contributed by atoms with Gasteiger partial charge in [-0.25, -0.2) is 13.6 Å². The molecule has 4 nitrogen and oxygen atoms in total. The molecule has 2 N–H and O–H groups in total. The summed E-state index contributed by atoms with van der Waals surface area (Å²) in [5, 5.41) is 4.64. The van der Waals surface area contributed by atoms with Crippen LogP contribution in [0.2, 0.25) is 0 Å². The minimum absolute atomic E-state index is 0.590. The van der Waals surface area contributed by atoms with Crippen molar-refractivity contribution in [3.05, 3.63) is 29.6 Å². The van der Waals surface area contributed by atoms with Gasteiger partial charge in [-0.3, -0.25) is 4.98 Å². The van der Waals surface area contributed by atoms with E-state index in [0.29, 0.717) is 0 Å². The van der Waals surface area contributed by atoms with Crippen LogP contribution in [0.15, 0.2) is 18.3 Å². The lowest BCUT2D eigenvalue weighted by Gasteiger charge is -2.10. The second kappa shape index (κ2) is 3.78. The van der Waals surface area contributed by atoms with Crippen LogP contribution in [0.5, 0.6) is 0 Å². The molecule has 1 heterocycles. The molecule has 15 heavy (non-hydrogen) atoms. The Morgan fingerprint density at radius 2 is 2.00 bits per heavy atom. The number of aromatic nitrogens is 1. The summed E-state index contributed by atoms with van der Waals surface area (Å²) >= 11 is 0. The van der Waals surface area contributed by atoms with Crippen LogP contribution in [-0.4, -0.2) is 13.4 Å². The number of pyridine rings is 1. The van der Waals surface area contributed by atoms with Gasteiger partial charge in [0.15, 0.2) is 0 Å². The lowest BCUT2D eigenvalue weighted by Crippen LogP contribution is -2.19. The number of alkyl halides is 3. The standard InChI is InChI=1S/C7H7F3N2O2S/c8-7(9,10)5-2-1-3-12-6(5)4-15(11,13)14/h1-3H,4H2,(H2,11,13,14). The predicted molar refractivity (Wildman–Crippen MR) is 46.1 cm³/mol. The van der Waals surface area contributed by atoms with Gasteiger partial charge in [-0.1, -0.05) is 0 Å². The second-order valence-electron chi connectivity index (χ2n) is 2.80. The third kappa shape index (κ3) is 3.48. The summed E-state index contributed by atoms with van der Waals surface area (Å²) in [7, 11) is -4.02. The molecular weight excluding hydrogens is 233 g/mol. The van der Waals surface area contributed by atoms with Crippen LogP contribution in [0.4, 0.5) is 13.2 Å². The van der Waals surface area contributed by atoms with Gasteiger partial charge in [0.05, 0.1) is 11.3 Å². The van der Waals surface area contributed by atoms with Crippen molar-refractivity contribution in [1.82, 2.24) is 4.98 Å². The first-order valence-corrected chi connectivity index (χ1v) is 5.43. The fourth-order valence-electron chi connectivity index (χ4n) is 1.00. The van der Waals surface area contributed by atoms with Crippen LogP contribution < -0.4 is 5.14 Å². The first-order valence-electron chi connectivity index (χ1n) is 3.72. The van der Waals surface area contributed by atoms with Gasteiger partial charge in [-0.05, 0) is 12.1 Å². The molecule has 0 unspecified atom stereocenters. The molecule has 0 aliphatic heterocycles. The number of primary sulfonamides is 1. The molecule has 0 saturated carbocycles. The smallest absolute Gasteiger partial charge is 0.260 e. The lowest BCUT2D eigenvalue weighted by atomic mass is 10.2. The highest BCUT2D eigenvalue weighted by atomic mass is 32.2. The summed E-state index contributed by atoms with van der Waals surface area (Å²) in [5.41, 5.74) is -1.67. The second-order valence-corrected chi connectivity index (χ2v) is 4.42. The van der Waals surface area contributed by atoms with E-state index >= 15 is 0 Å². The molecule has 0 fully saturated rings. The Morgan fingerprint density at radius 1 is 1.40 bits per heavy atom. The highest BCUT2D eigenvalue weighted by Crippen LogP contribution is 2.31. The zero-order valence-electron chi connectivity index (χ0n) is 7.32. The van der Waals surface area contributed by atoms with E-state index in [1.165, 1.54) is 0 Å². The Hall–Kier alpha value is -1.15. The zero-order valence-corrected chi connectivity index (χ0v) is 8.14. The van der Waals surface area contributed by atoms with Crippen LogP contribution in [0, 0.1) is 0 Å². The monoisotopic (exact) mass is 240 g/mol. The highest BCUT2D eigenvalue weighted by Gasteiger charge is 2.34. The first kappa shape index (κ1) is 11.9. The van der Waals surface area contributed by atoms with Crippen molar-refractivity contribution >= 4 is 10.0 Å². The third-order valence-electron chi connectivity index (χ3n) is 1.53. The van der Waals surface area contributed by atoms with Crippen molar-refractivity contribution < 1.29 is 21.6 Å². The number of sulfonamides is 1. The van der Waals surface area contributed by atoms with E-state index in [-0.39, 0.29) is 0 Å². The van der Waals surface area contributed by atoms with E-state index in [4.69, 9.17) is 0 Å². The van der Waals surface area contributed by atoms with Crippen LogP contribution in [0.25, 0.3) is 0 Å². The van der Waals surface area contributed by atoms with Gasteiger partial charge in [-0.2, -0.15) is 13.2 Å². The number of hydrogen-bond donors (Lipinski definition) is 1. The number of nitrogens with zero attached hydrogens (tertiary/aromatic N) is 1. The molecule has 0 atom stereocenters. The van der Waals surface area contributed by atoms with E-state index in [2.05, 4.69) is 10.1 Å². The highest BCUT2D eigenvalue weighted by molar-refractivity contribution is 7.88. The Balaban J connectivity index is 3.19. The first-order chi connectivity index (χ1) is 6.70. The topological polar surface area (TPSA) is 73.1 Å². The number of rotatable bonds is 2. The molecule has 1 aromatic rings. The van der Waals surface area contributed by atoms with Crippen molar-refractivity contribution in [2.75, 3.05) is 0 Å². The summed E-state index contributed by atoms with van der Waals surface area (Å²) in [6.07, 6.45) is -3.55. The molecule has 0 radical (unpaired) electrons. The van der Waals surface area contributed by atoms with Crippen LogP contribution >= 0.6 is 0 Å². The Bertz CT molecular complexity index is 456. The van der Waals surface area contributed by atoms with Gasteiger partial charge in [-0.15, -0.1) is 0 Å². The number of halogens is 3. The molecule has 0 aliphatic rings. The van der Waals surface area contributed by atoms with Crippen molar-refractivity contribution in [3.63, 3.8) is 0 Å². The van der Waals surface area contributed by atoms with Gasteiger partial charge in [0, 0.05) is 6.20 Å². The maximum Gasteiger partial charge on any atom is 0.418 e. The van der Waals surface area contributed by atoms with Crippen LogP contribution in [0.3, 0.4) is 0 Å². The van der Waals surface area contributed by atoms with E-state index in [1.807, 2.05) is 0 Å². The van der Waals surface area contributed by atoms with Crippen molar-refractivity contribution in [1.29, 1.82) is 0 Å². The molecule has 1 rings (SSSR count).